The van der Waals surface area contributed by atoms with E-state index in [2.05, 4.69) is 25.9 Å². The average molecular weight is 488 g/mol. The van der Waals surface area contributed by atoms with Gasteiger partial charge in [0.15, 0.2) is 0 Å². The number of aromatic amines is 1. The first-order valence-electron chi connectivity index (χ1n) is 9.83. The third-order valence-electron chi connectivity index (χ3n) is 4.42. The predicted octanol–water partition coefficient (Wildman–Crippen LogP) is -3.56. The lowest BCUT2D eigenvalue weighted by Gasteiger charge is -2.24. The van der Waals surface area contributed by atoms with Crippen LogP contribution in [-0.2, 0) is 30.4 Å². The van der Waals surface area contributed by atoms with Crippen molar-refractivity contribution in [1.82, 2.24) is 25.9 Å². The number of carboxylic acid groups (broad SMARTS) is 1. The molecule has 1 aromatic heterocycles. The van der Waals surface area contributed by atoms with E-state index < -0.39 is 66.8 Å². The molecule has 1 aromatic rings. The third-order valence-corrected chi connectivity index (χ3v) is 5.06. The Morgan fingerprint density at radius 3 is 2.21 bits per heavy atom. The molecule has 1 rings (SSSR count). The predicted molar refractivity (Wildman–Crippen MR) is 118 cm³/mol. The minimum atomic E-state index is -1.61. The SMILES string of the molecule is CSCCC(N)C(=O)NC(CO)C(=O)NC(Cc1cnc[nH]1)C(=O)NC(CC(N)=O)C(=O)O. The van der Waals surface area contributed by atoms with Gasteiger partial charge < -0.3 is 42.6 Å². The fourth-order valence-electron chi connectivity index (χ4n) is 2.62. The molecule has 0 spiro atoms. The Hall–Kier alpha value is -3.17. The first-order valence-corrected chi connectivity index (χ1v) is 11.2. The zero-order valence-electron chi connectivity index (χ0n) is 17.9. The van der Waals surface area contributed by atoms with Gasteiger partial charge in [-0.15, -0.1) is 0 Å². The second-order valence-electron chi connectivity index (χ2n) is 7.04. The van der Waals surface area contributed by atoms with Gasteiger partial charge in [0.1, 0.15) is 18.1 Å². The summed E-state index contributed by atoms with van der Waals surface area (Å²) in [7, 11) is 0. The van der Waals surface area contributed by atoms with Gasteiger partial charge in [-0.1, -0.05) is 0 Å². The van der Waals surface area contributed by atoms with Crippen LogP contribution in [0, 0.1) is 0 Å². The topological polar surface area (TPSA) is 243 Å². The number of carbonyl (C=O) groups is 5. The number of imidazole rings is 1. The van der Waals surface area contributed by atoms with Crippen LogP contribution in [0.15, 0.2) is 12.5 Å². The number of thioether (sulfide) groups is 1. The molecule has 0 bridgehead atoms. The van der Waals surface area contributed by atoms with Crippen LogP contribution in [0.2, 0.25) is 0 Å². The Kier molecular flexibility index (Phi) is 11.9. The Bertz CT molecular complexity index is 821. The van der Waals surface area contributed by atoms with E-state index in [1.807, 2.05) is 6.26 Å². The lowest BCUT2D eigenvalue weighted by Crippen LogP contribution is -2.58. The Labute approximate surface area is 193 Å². The fraction of sp³-hybridized carbons (Fsp3) is 0.556. The van der Waals surface area contributed by atoms with Crippen molar-refractivity contribution in [1.29, 1.82) is 0 Å². The molecule has 4 unspecified atom stereocenters. The van der Waals surface area contributed by atoms with Crippen LogP contribution in [-0.4, -0.2) is 92.6 Å². The van der Waals surface area contributed by atoms with Crippen molar-refractivity contribution in [3.8, 4) is 0 Å². The van der Waals surface area contributed by atoms with Crippen molar-refractivity contribution in [2.75, 3.05) is 18.6 Å². The van der Waals surface area contributed by atoms with Crippen molar-refractivity contribution >= 4 is 41.4 Å². The average Bonchev–Trinajstić information content (AvgIpc) is 3.27. The maximum atomic E-state index is 12.7. The molecule has 0 fully saturated rings. The quantitative estimate of drug-likeness (QED) is 0.121. The molecule has 0 aromatic carbocycles. The maximum absolute atomic E-state index is 12.7. The van der Waals surface area contributed by atoms with Crippen LogP contribution in [0.4, 0.5) is 0 Å². The van der Waals surface area contributed by atoms with E-state index in [-0.39, 0.29) is 6.42 Å². The van der Waals surface area contributed by atoms with Gasteiger partial charge in [0.2, 0.25) is 23.6 Å². The number of hydrogen-bond acceptors (Lipinski definition) is 9. The van der Waals surface area contributed by atoms with E-state index in [0.29, 0.717) is 17.9 Å². The molecule has 4 amide bonds. The summed E-state index contributed by atoms with van der Waals surface area (Å²) in [4.78, 5) is 66.5. The van der Waals surface area contributed by atoms with Crippen molar-refractivity contribution in [2.45, 2.75) is 43.4 Å². The molecule has 0 saturated heterocycles. The molecule has 184 valence electrons. The number of H-pyrrole nitrogens is 1. The van der Waals surface area contributed by atoms with E-state index in [4.69, 9.17) is 11.5 Å². The summed E-state index contributed by atoms with van der Waals surface area (Å²) < 4.78 is 0. The highest BCUT2D eigenvalue weighted by molar-refractivity contribution is 7.98. The summed E-state index contributed by atoms with van der Waals surface area (Å²) in [5.74, 6) is -4.30. The van der Waals surface area contributed by atoms with Gasteiger partial charge in [-0.3, -0.25) is 19.2 Å². The van der Waals surface area contributed by atoms with Crippen LogP contribution >= 0.6 is 11.8 Å². The summed E-state index contributed by atoms with van der Waals surface area (Å²) in [6.07, 6.45) is 4.15. The summed E-state index contributed by atoms with van der Waals surface area (Å²) in [6.45, 7) is -0.773. The number of carboxylic acids is 1. The number of aliphatic hydroxyl groups excluding tert-OH is 1. The zero-order valence-corrected chi connectivity index (χ0v) is 18.8. The van der Waals surface area contributed by atoms with Crippen LogP contribution in [0.5, 0.6) is 0 Å². The van der Waals surface area contributed by atoms with Gasteiger partial charge in [0.05, 0.1) is 25.4 Å². The molecule has 15 heteroatoms. The number of amides is 4. The number of aliphatic carboxylic acids is 1. The van der Waals surface area contributed by atoms with Crippen LogP contribution < -0.4 is 27.4 Å². The molecule has 14 nitrogen and oxygen atoms in total. The standard InChI is InChI=1S/C18H29N7O7S/c1-33-3-2-10(19)15(28)25-13(7-26)17(30)23-11(4-9-6-21-8-22-9)16(29)24-12(18(31)32)5-14(20)27/h6,8,10-13,26H,2-5,7,19H2,1H3,(H2,20,27)(H,21,22)(H,23,30)(H,24,29)(H,25,28)(H,31,32). The maximum Gasteiger partial charge on any atom is 0.326 e. The van der Waals surface area contributed by atoms with E-state index in [1.54, 1.807) is 0 Å². The van der Waals surface area contributed by atoms with E-state index in [1.165, 1.54) is 24.3 Å². The Morgan fingerprint density at radius 1 is 1.09 bits per heavy atom. The normalized spacial score (nSPS) is 14.4. The highest BCUT2D eigenvalue weighted by Crippen LogP contribution is 2.03. The first-order chi connectivity index (χ1) is 15.6. The highest BCUT2D eigenvalue weighted by Gasteiger charge is 2.31. The molecule has 0 aliphatic heterocycles. The largest absolute Gasteiger partial charge is 0.480 e. The minimum Gasteiger partial charge on any atom is -0.480 e. The number of primary amides is 1. The molecule has 0 radical (unpaired) electrons. The molecule has 0 aliphatic carbocycles. The monoisotopic (exact) mass is 487 g/mol. The number of nitrogens with one attached hydrogen (secondary N) is 4. The van der Waals surface area contributed by atoms with Crippen LogP contribution in [0.3, 0.4) is 0 Å². The van der Waals surface area contributed by atoms with Gasteiger partial charge in [-0.05, 0) is 18.4 Å². The smallest absolute Gasteiger partial charge is 0.326 e. The van der Waals surface area contributed by atoms with Crippen molar-refractivity contribution in [3.05, 3.63) is 18.2 Å². The molecule has 0 saturated carbocycles. The van der Waals surface area contributed by atoms with Gasteiger partial charge in [-0.25, -0.2) is 9.78 Å². The van der Waals surface area contributed by atoms with Crippen molar-refractivity contribution < 1.29 is 34.2 Å². The number of nitrogens with zero attached hydrogens (tertiary/aromatic N) is 1. The molecule has 33 heavy (non-hydrogen) atoms. The zero-order chi connectivity index (χ0) is 25.0. The Balaban J connectivity index is 2.93. The van der Waals surface area contributed by atoms with Gasteiger partial charge in [-0.2, -0.15) is 11.8 Å². The van der Waals surface area contributed by atoms with Crippen LogP contribution in [0.1, 0.15) is 18.5 Å². The molecule has 4 atom stereocenters. The second-order valence-corrected chi connectivity index (χ2v) is 8.03. The first kappa shape index (κ1) is 27.9. The molecule has 1 heterocycles. The van der Waals surface area contributed by atoms with Crippen LogP contribution in [0.25, 0.3) is 0 Å². The third kappa shape index (κ3) is 9.88. The number of hydrogen-bond donors (Lipinski definition) is 8. The Morgan fingerprint density at radius 2 is 1.70 bits per heavy atom. The molecular weight excluding hydrogens is 458 g/mol. The van der Waals surface area contributed by atoms with Gasteiger partial charge in [0, 0.05) is 18.3 Å². The summed E-state index contributed by atoms with van der Waals surface area (Å²) in [5, 5.41) is 25.6. The second kappa shape index (κ2) is 14.1. The molecule has 0 aliphatic rings. The van der Waals surface area contributed by atoms with E-state index >= 15 is 0 Å². The lowest BCUT2D eigenvalue weighted by molar-refractivity contribution is -0.143. The van der Waals surface area contributed by atoms with E-state index in [9.17, 15) is 34.2 Å². The number of aromatic nitrogens is 2. The van der Waals surface area contributed by atoms with Gasteiger partial charge in [0.25, 0.3) is 0 Å². The highest BCUT2D eigenvalue weighted by atomic mass is 32.2. The van der Waals surface area contributed by atoms with Crippen molar-refractivity contribution in [3.63, 3.8) is 0 Å². The fourth-order valence-corrected chi connectivity index (χ4v) is 3.11. The number of carbonyl (C=O) groups excluding carboxylic acids is 4. The summed E-state index contributed by atoms with van der Waals surface area (Å²) in [5.41, 5.74) is 11.2. The lowest BCUT2D eigenvalue weighted by atomic mass is 10.1. The van der Waals surface area contributed by atoms with Crippen molar-refractivity contribution in [2.24, 2.45) is 11.5 Å². The molecular formula is C18H29N7O7S. The number of nitrogens with two attached hydrogens (primary N) is 2. The summed E-state index contributed by atoms with van der Waals surface area (Å²) in [6, 6.07) is -5.24. The number of aliphatic hydroxyl groups is 1. The summed E-state index contributed by atoms with van der Waals surface area (Å²) >= 11 is 1.49. The van der Waals surface area contributed by atoms with E-state index in [0.717, 1.165) is 0 Å². The number of rotatable bonds is 15. The van der Waals surface area contributed by atoms with Gasteiger partial charge >= 0.3 is 5.97 Å². The minimum absolute atomic E-state index is 0.125. The molecule has 10 N–H and O–H groups in total.